The maximum Gasteiger partial charge on any atom is 0.405 e. The number of furan rings is 1. The molecule has 0 fully saturated rings. The fourth-order valence-electron chi connectivity index (χ4n) is 1.66. The van der Waals surface area contributed by atoms with Gasteiger partial charge in [0.15, 0.2) is 0 Å². The molecule has 3 N–H and O–H groups in total. The lowest BCUT2D eigenvalue weighted by Gasteiger charge is -2.06. The lowest BCUT2D eigenvalue weighted by atomic mass is 10.1. The molecule has 0 aliphatic rings. The van der Waals surface area contributed by atoms with Gasteiger partial charge in [0.05, 0.1) is 12.6 Å². The van der Waals surface area contributed by atoms with Crippen LogP contribution in [0, 0.1) is 0 Å². The van der Waals surface area contributed by atoms with Crippen LogP contribution in [0.4, 0.5) is 4.79 Å². The topological polar surface area (TPSA) is 82.7 Å². The molecule has 0 saturated heterocycles. The molecule has 1 amide bonds. The van der Waals surface area contributed by atoms with Gasteiger partial charge in [-0.2, -0.15) is 0 Å². The number of rotatable bonds is 3. The minimum absolute atomic E-state index is 0.0467. The Morgan fingerprint density at radius 1 is 1.47 bits per heavy atom. The molecular weight excluding hydrogens is 222 g/mol. The monoisotopic (exact) mass is 235 g/mol. The van der Waals surface area contributed by atoms with Crippen molar-refractivity contribution in [2.24, 2.45) is 0 Å². The number of nitrogens with one attached hydrogen (secondary N) is 1. The van der Waals surface area contributed by atoms with Crippen LogP contribution in [0.15, 0.2) is 28.7 Å². The first kappa shape index (κ1) is 11.5. The second kappa shape index (κ2) is 4.47. The Morgan fingerprint density at radius 2 is 2.24 bits per heavy atom. The highest BCUT2D eigenvalue weighted by atomic mass is 16.4. The molecule has 1 unspecified atom stereocenters. The van der Waals surface area contributed by atoms with Gasteiger partial charge in [0, 0.05) is 5.39 Å². The Kier molecular flexibility index (Phi) is 3.01. The third-order valence-electron chi connectivity index (χ3n) is 2.55. The van der Waals surface area contributed by atoms with Crippen molar-refractivity contribution >= 4 is 17.1 Å². The highest BCUT2D eigenvalue weighted by molar-refractivity contribution is 5.79. The third kappa shape index (κ3) is 2.39. The molecule has 0 aliphatic heterocycles. The van der Waals surface area contributed by atoms with Gasteiger partial charge in [0.25, 0.3) is 0 Å². The van der Waals surface area contributed by atoms with Crippen LogP contribution in [0.25, 0.3) is 11.0 Å². The minimum Gasteiger partial charge on any atom is -0.465 e. The number of hydrogen-bond donors (Lipinski definition) is 3. The Bertz CT molecular complexity index is 546. The van der Waals surface area contributed by atoms with Gasteiger partial charge in [-0.1, -0.05) is 12.1 Å². The SMILES string of the molecule is CC(NC(=O)O)c1cc2ccc(CO)cc2o1. The van der Waals surface area contributed by atoms with Crippen LogP contribution in [0.1, 0.15) is 24.3 Å². The van der Waals surface area contributed by atoms with Crippen molar-refractivity contribution in [2.45, 2.75) is 19.6 Å². The van der Waals surface area contributed by atoms with E-state index in [-0.39, 0.29) is 6.61 Å². The average Bonchev–Trinajstić information content (AvgIpc) is 2.70. The second-order valence-electron chi connectivity index (χ2n) is 3.85. The molecule has 90 valence electrons. The predicted octanol–water partition coefficient (Wildman–Crippen LogP) is 2.25. The van der Waals surface area contributed by atoms with Crippen molar-refractivity contribution in [2.75, 3.05) is 0 Å². The van der Waals surface area contributed by atoms with Gasteiger partial charge >= 0.3 is 6.09 Å². The Hall–Kier alpha value is -2.01. The summed E-state index contributed by atoms with van der Waals surface area (Å²) in [5.41, 5.74) is 1.41. The number of aliphatic hydroxyl groups excluding tert-OH is 1. The molecule has 0 aliphatic carbocycles. The van der Waals surface area contributed by atoms with E-state index in [1.165, 1.54) is 0 Å². The number of aliphatic hydroxyl groups is 1. The van der Waals surface area contributed by atoms with Gasteiger partial charge in [-0.25, -0.2) is 4.79 Å². The number of amides is 1. The summed E-state index contributed by atoms with van der Waals surface area (Å²) in [6.07, 6.45) is -1.09. The first-order chi connectivity index (χ1) is 8.10. The molecule has 5 heteroatoms. The van der Waals surface area contributed by atoms with E-state index < -0.39 is 12.1 Å². The molecule has 1 heterocycles. The quantitative estimate of drug-likeness (QED) is 0.762. The summed E-state index contributed by atoms with van der Waals surface area (Å²) in [5, 5.41) is 20.8. The molecule has 0 spiro atoms. The van der Waals surface area contributed by atoms with Crippen molar-refractivity contribution in [1.82, 2.24) is 5.32 Å². The van der Waals surface area contributed by atoms with Gasteiger partial charge < -0.3 is 19.9 Å². The van der Waals surface area contributed by atoms with Gasteiger partial charge in [0.1, 0.15) is 11.3 Å². The first-order valence-electron chi connectivity index (χ1n) is 5.23. The predicted molar refractivity (Wildman–Crippen MR) is 61.7 cm³/mol. The van der Waals surface area contributed by atoms with Crippen LogP contribution < -0.4 is 5.32 Å². The summed E-state index contributed by atoms with van der Waals surface area (Å²) >= 11 is 0. The molecule has 0 bridgehead atoms. The van der Waals surface area contributed by atoms with Crippen LogP contribution in [0.5, 0.6) is 0 Å². The summed E-state index contributed by atoms with van der Waals surface area (Å²) in [4.78, 5) is 10.5. The summed E-state index contributed by atoms with van der Waals surface area (Å²) in [5.74, 6) is 0.553. The largest absolute Gasteiger partial charge is 0.465 e. The lowest BCUT2D eigenvalue weighted by molar-refractivity contribution is 0.189. The van der Waals surface area contributed by atoms with Crippen LogP contribution in [0.2, 0.25) is 0 Å². The number of fused-ring (bicyclic) bond motifs is 1. The van der Waals surface area contributed by atoms with E-state index in [0.29, 0.717) is 11.3 Å². The standard InChI is InChI=1S/C12H13NO4/c1-7(13-12(15)16)10-5-9-3-2-8(6-14)4-11(9)17-10/h2-5,7,13-14H,6H2,1H3,(H,15,16). The summed E-state index contributed by atoms with van der Waals surface area (Å²) in [6.45, 7) is 1.66. The van der Waals surface area contributed by atoms with E-state index in [0.717, 1.165) is 10.9 Å². The van der Waals surface area contributed by atoms with Crippen molar-refractivity contribution in [3.63, 3.8) is 0 Å². The fourth-order valence-corrected chi connectivity index (χ4v) is 1.66. The average molecular weight is 235 g/mol. The zero-order valence-corrected chi connectivity index (χ0v) is 9.30. The van der Waals surface area contributed by atoms with E-state index in [1.807, 2.05) is 6.07 Å². The molecule has 17 heavy (non-hydrogen) atoms. The van der Waals surface area contributed by atoms with E-state index in [4.69, 9.17) is 14.6 Å². The van der Waals surface area contributed by atoms with Crippen LogP contribution in [0.3, 0.4) is 0 Å². The molecule has 2 aromatic rings. The van der Waals surface area contributed by atoms with Gasteiger partial charge in [0.2, 0.25) is 0 Å². The Balaban J connectivity index is 2.33. The smallest absolute Gasteiger partial charge is 0.405 e. The van der Waals surface area contributed by atoms with Crippen molar-refractivity contribution < 1.29 is 19.4 Å². The molecular formula is C12H13NO4. The molecule has 1 atom stereocenters. The number of carboxylic acid groups (broad SMARTS) is 1. The third-order valence-corrected chi connectivity index (χ3v) is 2.55. The second-order valence-corrected chi connectivity index (χ2v) is 3.85. The van der Waals surface area contributed by atoms with Gasteiger partial charge in [-0.15, -0.1) is 0 Å². The van der Waals surface area contributed by atoms with Crippen molar-refractivity contribution in [3.05, 3.63) is 35.6 Å². The van der Waals surface area contributed by atoms with Crippen LogP contribution >= 0.6 is 0 Å². The summed E-state index contributed by atoms with van der Waals surface area (Å²) < 4.78 is 5.54. The number of benzene rings is 1. The van der Waals surface area contributed by atoms with Crippen LogP contribution in [-0.2, 0) is 6.61 Å². The molecule has 1 aromatic carbocycles. The molecule has 1 aromatic heterocycles. The zero-order valence-electron chi connectivity index (χ0n) is 9.30. The maximum absolute atomic E-state index is 10.5. The number of hydrogen-bond acceptors (Lipinski definition) is 3. The molecule has 0 radical (unpaired) electrons. The minimum atomic E-state index is -1.09. The summed E-state index contributed by atoms with van der Waals surface area (Å²) in [6, 6.07) is 6.76. The van der Waals surface area contributed by atoms with Gasteiger partial charge in [-0.3, -0.25) is 0 Å². The molecule has 2 rings (SSSR count). The van der Waals surface area contributed by atoms with Gasteiger partial charge in [-0.05, 0) is 24.6 Å². The highest BCUT2D eigenvalue weighted by Gasteiger charge is 2.13. The summed E-state index contributed by atoms with van der Waals surface area (Å²) in [7, 11) is 0. The zero-order chi connectivity index (χ0) is 12.4. The van der Waals surface area contributed by atoms with Crippen LogP contribution in [-0.4, -0.2) is 16.3 Å². The van der Waals surface area contributed by atoms with E-state index in [9.17, 15) is 4.79 Å². The Labute approximate surface area is 97.7 Å². The number of carbonyl (C=O) groups is 1. The maximum atomic E-state index is 10.5. The lowest BCUT2D eigenvalue weighted by Crippen LogP contribution is -2.23. The van der Waals surface area contributed by atoms with Crippen molar-refractivity contribution in [3.8, 4) is 0 Å². The normalized spacial score (nSPS) is 12.6. The fraction of sp³-hybridized carbons (Fsp3) is 0.250. The van der Waals surface area contributed by atoms with Crippen molar-refractivity contribution in [1.29, 1.82) is 0 Å². The highest BCUT2D eigenvalue weighted by Crippen LogP contribution is 2.24. The van der Waals surface area contributed by atoms with E-state index in [2.05, 4.69) is 5.32 Å². The van der Waals surface area contributed by atoms with E-state index >= 15 is 0 Å². The molecule has 0 saturated carbocycles. The molecule has 5 nitrogen and oxygen atoms in total. The Morgan fingerprint density at radius 3 is 2.88 bits per heavy atom. The first-order valence-corrected chi connectivity index (χ1v) is 5.23. The van der Waals surface area contributed by atoms with E-state index in [1.54, 1.807) is 25.1 Å².